The molecule has 1 saturated heterocycles. The molecule has 2 aliphatic rings. The second kappa shape index (κ2) is 3.74. The molecule has 0 saturated carbocycles. The summed E-state index contributed by atoms with van der Waals surface area (Å²) in [5, 5.41) is 21.4. The summed E-state index contributed by atoms with van der Waals surface area (Å²) in [5.41, 5.74) is -0.101. The van der Waals surface area contributed by atoms with Crippen molar-refractivity contribution < 1.29 is 24.6 Å². The summed E-state index contributed by atoms with van der Waals surface area (Å²) in [6.07, 6.45) is 0. The summed E-state index contributed by atoms with van der Waals surface area (Å²) in [7, 11) is 0. The fourth-order valence-corrected chi connectivity index (χ4v) is 4.08. The van der Waals surface area contributed by atoms with Gasteiger partial charge < -0.3 is 24.7 Å². The van der Waals surface area contributed by atoms with Crippen LogP contribution in [0.5, 0.6) is 0 Å². The molecule has 6 nitrogen and oxygen atoms in total. The Bertz CT molecular complexity index is 496. The minimum atomic E-state index is -1.43. The van der Waals surface area contributed by atoms with E-state index >= 15 is 0 Å². The van der Waals surface area contributed by atoms with Crippen molar-refractivity contribution >= 4 is 29.6 Å². The van der Waals surface area contributed by atoms with E-state index in [-0.39, 0.29) is 11.1 Å². The third-order valence-corrected chi connectivity index (χ3v) is 4.77. The molecule has 0 aromatic carbocycles. The predicted octanol–water partition coefficient (Wildman–Crippen LogP) is -2.13. The lowest BCUT2D eigenvalue weighted by molar-refractivity contribution is -0.312. The number of hydrogen-bond acceptors (Lipinski definition) is 6. The van der Waals surface area contributed by atoms with E-state index in [0.29, 0.717) is 0 Å². The fraction of sp³-hybridized carbons (Fsp3) is 0.545. The number of thioether (sulfide) groups is 1. The number of rotatable bonds is 2. The molecule has 1 fully saturated rings. The molecule has 0 N–H and O–H groups in total. The van der Waals surface area contributed by atoms with Gasteiger partial charge in [0.05, 0.1) is 18.0 Å². The molecule has 0 spiro atoms. The number of carboxylic acid groups (broad SMARTS) is 2. The van der Waals surface area contributed by atoms with Crippen LogP contribution in [-0.4, -0.2) is 38.9 Å². The highest BCUT2D eigenvalue weighted by Crippen LogP contribution is 2.50. The molecule has 7 heteroatoms. The summed E-state index contributed by atoms with van der Waals surface area (Å²) in [6, 6.07) is -1.15. The molecule has 0 aliphatic carbocycles. The Morgan fingerprint density at radius 2 is 1.89 bits per heavy atom. The van der Waals surface area contributed by atoms with Crippen LogP contribution in [0.4, 0.5) is 0 Å². The number of carbonyl (C=O) groups is 3. The SMILES string of the molecule is CC1=C(C(=O)[O-])[C@H]2SC(C)(C)[C@H](C(=O)[O-])N2C1=O. The first-order valence-corrected chi connectivity index (χ1v) is 6.20. The topological polar surface area (TPSA) is 101 Å². The standard InChI is InChI=1S/C11H13NO5S/c1-4-5(9(14)15)8-12(7(4)13)6(10(16)17)11(2,3)18-8/h6,8H,1-3H3,(H,14,15)(H,16,17)/p-2/t6-,8+/m0/s1. The number of aliphatic carboxylic acids is 2. The molecule has 2 atom stereocenters. The summed E-state index contributed by atoms with van der Waals surface area (Å²) >= 11 is 1.12. The van der Waals surface area contributed by atoms with Crippen LogP contribution in [0, 0.1) is 0 Å². The number of fused-ring (bicyclic) bond motifs is 1. The first kappa shape index (κ1) is 12.9. The van der Waals surface area contributed by atoms with Crippen LogP contribution >= 0.6 is 11.8 Å². The highest BCUT2D eigenvalue weighted by molar-refractivity contribution is 8.01. The van der Waals surface area contributed by atoms with Gasteiger partial charge in [-0.1, -0.05) is 0 Å². The zero-order valence-electron chi connectivity index (χ0n) is 10.1. The van der Waals surface area contributed by atoms with Gasteiger partial charge in [-0.3, -0.25) is 4.79 Å². The minimum Gasteiger partial charge on any atom is -0.548 e. The van der Waals surface area contributed by atoms with Crippen molar-refractivity contribution in [1.29, 1.82) is 0 Å². The quantitative estimate of drug-likeness (QED) is 0.567. The third-order valence-electron chi connectivity index (χ3n) is 3.25. The summed E-state index contributed by atoms with van der Waals surface area (Å²) in [6.45, 7) is 4.66. The normalized spacial score (nSPS) is 29.7. The average Bonchev–Trinajstić information content (AvgIpc) is 2.58. The molecule has 98 valence electrons. The summed E-state index contributed by atoms with van der Waals surface area (Å²) in [5.74, 6) is -3.39. The van der Waals surface area contributed by atoms with Crippen molar-refractivity contribution in [1.82, 2.24) is 4.90 Å². The van der Waals surface area contributed by atoms with Gasteiger partial charge in [-0.05, 0) is 20.8 Å². The van der Waals surface area contributed by atoms with Gasteiger partial charge in [0.25, 0.3) is 5.91 Å². The largest absolute Gasteiger partial charge is 0.548 e. The molecule has 0 aromatic heterocycles. The molecule has 2 aliphatic heterocycles. The Hall–Kier alpha value is -1.50. The number of carboxylic acids is 2. The van der Waals surface area contributed by atoms with E-state index < -0.39 is 34.0 Å². The van der Waals surface area contributed by atoms with E-state index in [4.69, 9.17) is 0 Å². The van der Waals surface area contributed by atoms with E-state index in [1.165, 1.54) is 6.92 Å². The van der Waals surface area contributed by atoms with Gasteiger partial charge in [-0.15, -0.1) is 11.8 Å². The Labute approximate surface area is 108 Å². The molecule has 0 bridgehead atoms. The van der Waals surface area contributed by atoms with Gasteiger partial charge in [-0.25, -0.2) is 0 Å². The Kier molecular flexibility index (Phi) is 2.69. The zero-order chi connectivity index (χ0) is 13.8. The predicted molar refractivity (Wildman–Crippen MR) is 58.8 cm³/mol. The highest BCUT2D eigenvalue weighted by Gasteiger charge is 2.55. The van der Waals surface area contributed by atoms with Crippen molar-refractivity contribution in [2.75, 3.05) is 0 Å². The van der Waals surface area contributed by atoms with Gasteiger partial charge in [0.2, 0.25) is 0 Å². The van der Waals surface area contributed by atoms with E-state index in [2.05, 4.69) is 0 Å². The van der Waals surface area contributed by atoms with Crippen LogP contribution in [0.25, 0.3) is 0 Å². The van der Waals surface area contributed by atoms with Crippen molar-refractivity contribution in [2.45, 2.75) is 36.9 Å². The Balaban J connectivity index is 2.51. The number of hydrogen-bond donors (Lipinski definition) is 0. The van der Waals surface area contributed by atoms with Crippen LogP contribution < -0.4 is 10.2 Å². The molecule has 1 amide bonds. The monoisotopic (exact) mass is 269 g/mol. The van der Waals surface area contributed by atoms with Crippen molar-refractivity contribution in [3.05, 3.63) is 11.1 Å². The van der Waals surface area contributed by atoms with Crippen LogP contribution in [0.15, 0.2) is 11.1 Å². The van der Waals surface area contributed by atoms with E-state index in [9.17, 15) is 24.6 Å². The Morgan fingerprint density at radius 1 is 1.33 bits per heavy atom. The van der Waals surface area contributed by atoms with Crippen LogP contribution in [0.2, 0.25) is 0 Å². The lowest BCUT2D eigenvalue weighted by Gasteiger charge is -2.31. The number of nitrogens with zero attached hydrogens (tertiary/aromatic N) is 1. The number of carbonyl (C=O) groups excluding carboxylic acids is 3. The molecular formula is C11H11NO5S-2. The van der Waals surface area contributed by atoms with Crippen LogP contribution in [0.1, 0.15) is 20.8 Å². The zero-order valence-corrected chi connectivity index (χ0v) is 10.9. The maximum Gasteiger partial charge on any atom is 0.251 e. The first-order chi connectivity index (χ1) is 8.18. The maximum atomic E-state index is 12.0. The summed E-state index contributed by atoms with van der Waals surface area (Å²) in [4.78, 5) is 35.3. The highest BCUT2D eigenvalue weighted by atomic mass is 32.2. The van der Waals surface area contributed by atoms with Crippen molar-refractivity contribution in [2.24, 2.45) is 0 Å². The van der Waals surface area contributed by atoms with Crippen LogP contribution in [-0.2, 0) is 14.4 Å². The maximum absolute atomic E-state index is 12.0. The van der Waals surface area contributed by atoms with Gasteiger partial charge in [-0.2, -0.15) is 0 Å². The average molecular weight is 269 g/mol. The molecule has 18 heavy (non-hydrogen) atoms. The minimum absolute atomic E-state index is 0.0363. The molecule has 2 heterocycles. The van der Waals surface area contributed by atoms with E-state index in [1.807, 2.05) is 0 Å². The Morgan fingerprint density at radius 3 is 2.33 bits per heavy atom. The van der Waals surface area contributed by atoms with Gasteiger partial charge in [0.15, 0.2) is 0 Å². The molecular weight excluding hydrogens is 258 g/mol. The molecule has 0 unspecified atom stereocenters. The molecule has 0 radical (unpaired) electrons. The third kappa shape index (κ3) is 1.53. The van der Waals surface area contributed by atoms with E-state index in [1.54, 1.807) is 13.8 Å². The second-order valence-corrected chi connectivity index (χ2v) is 6.57. The van der Waals surface area contributed by atoms with Crippen LogP contribution in [0.3, 0.4) is 0 Å². The second-order valence-electron chi connectivity index (χ2n) is 4.83. The molecule has 2 rings (SSSR count). The molecule has 0 aromatic rings. The lowest BCUT2D eigenvalue weighted by atomic mass is 10.0. The van der Waals surface area contributed by atoms with Crippen molar-refractivity contribution in [3.8, 4) is 0 Å². The van der Waals surface area contributed by atoms with Gasteiger partial charge >= 0.3 is 0 Å². The fourth-order valence-electron chi connectivity index (χ4n) is 2.45. The van der Waals surface area contributed by atoms with Crippen molar-refractivity contribution in [3.63, 3.8) is 0 Å². The first-order valence-electron chi connectivity index (χ1n) is 5.32. The van der Waals surface area contributed by atoms with Gasteiger partial charge in [0, 0.05) is 15.9 Å². The number of amides is 1. The lowest BCUT2D eigenvalue weighted by Crippen LogP contribution is -2.54. The summed E-state index contributed by atoms with van der Waals surface area (Å²) < 4.78 is -0.805. The van der Waals surface area contributed by atoms with Gasteiger partial charge in [0.1, 0.15) is 5.37 Å². The van der Waals surface area contributed by atoms with E-state index in [0.717, 1.165) is 16.7 Å². The smallest absolute Gasteiger partial charge is 0.251 e.